The molecule has 124 valence electrons. The number of carbonyl (C=O) groups excluding carboxylic acids is 1. The summed E-state index contributed by atoms with van der Waals surface area (Å²) in [6.45, 7) is 4.73. The summed E-state index contributed by atoms with van der Waals surface area (Å²) in [5, 5.41) is 13.4. The predicted octanol–water partition coefficient (Wildman–Crippen LogP) is 3.88. The molecular weight excluding hydrogens is 320 g/mol. The highest BCUT2D eigenvalue weighted by Crippen LogP contribution is 2.33. The van der Waals surface area contributed by atoms with E-state index in [4.69, 9.17) is 5.73 Å². The van der Waals surface area contributed by atoms with Gasteiger partial charge in [-0.05, 0) is 60.4 Å². The largest absolute Gasteiger partial charge is 0.508 e. The molecule has 0 aliphatic heterocycles. The van der Waals surface area contributed by atoms with E-state index in [1.54, 1.807) is 23.5 Å². The van der Waals surface area contributed by atoms with Crippen LogP contribution in [0, 0.1) is 13.8 Å². The molecule has 1 aromatic carbocycles. The van der Waals surface area contributed by atoms with E-state index in [0.717, 1.165) is 41.0 Å². The molecular formula is C19H20N2O2S. The Balaban J connectivity index is 1.98. The van der Waals surface area contributed by atoms with Gasteiger partial charge in [-0.25, -0.2) is 0 Å². The first kappa shape index (κ1) is 16.3. The molecule has 4 nitrogen and oxygen atoms in total. The van der Waals surface area contributed by atoms with E-state index >= 15 is 0 Å². The second kappa shape index (κ2) is 6.53. The number of thiophene rings is 1. The maximum Gasteiger partial charge on any atom is 0.251 e. The number of aromatic nitrogens is 1. The van der Waals surface area contributed by atoms with Crippen LogP contribution in [0.25, 0.3) is 11.1 Å². The van der Waals surface area contributed by atoms with Crippen LogP contribution in [-0.4, -0.2) is 15.6 Å². The Bertz CT molecular complexity index is 862. The van der Waals surface area contributed by atoms with E-state index in [-0.39, 0.29) is 11.7 Å². The first-order valence-corrected chi connectivity index (χ1v) is 8.73. The lowest BCUT2D eigenvalue weighted by atomic mass is 10.0. The Labute approximate surface area is 145 Å². The maximum absolute atomic E-state index is 12.0. The molecule has 0 spiro atoms. The lowest BCUT2D eigenvalue weighted by Gasteiger charge is -2.10. The van der Waals surface area contributed by atoms with Gasteiger partial charge in [-0.2, -0.15) is 11.3 Å². The fraction of sp³-hybridized carbons (Fsp3) is 0.211. The van der Waals surface area contributed by atoms with Crippen LogP contribution < -0.4 is 5.73 Å². The van der Waals surface area contributed by atoms with Crippen LogP contribution in [0.1, 0.15) is 27.3 Å². The number of phenolic OH excluding ortho intramolecular Hbond substituents is 1. The van der Waals surface area contributed by atoms with Gasteiger partial charge < -0.3 is 15.4 Å². The van der Waals surface area contributed by atoms with Crippen LogP contribution in [0.2, 0.25) is 0 Å². The van der Waals surface area contributed by atoms with Crippen molar-refractivity contribution in [3.63, 3.8) is 0 Å². The molecule has 3 aromatic rings. The molecule has 0 saturated heterocycles. The van der Waals surface area contributed by atoms with Crippen LogP contribution in [0.5, 0.6) is 5.75 Å². The number of rotatable bonds is 5. The monoisotopic (exact) mass is 340 g/mol. The summed E-state index contributed by atoms with van der Waals surface area (Å²) in [7, 11) is 0. The summed E-state index contributed by atoms with van der Waals surface area (Å²) in [5.41, 5.74) is 11.3. The Hall–Kier alpha value is -2.53. The minimum atomic E-state index is -0.389. The fourth-order valence-electron chi connectivity index (χ4n) is 3.18. The number of amides is 1. The van der Waals surface area contributed by atoms with Crippen molar-refractivity contribution >= 4 is 17.2 Å². The van der Waals surface area contributed by atoms with E-state index in [2.05, 4.69) is 4.57 Å². The Morgan fingerprint density at radius 1 is 1.17 bits per heavy atom. The Kier molecular flexibility index (Phi) is 4.44. The third-order valence-electron chi connectivity index (χ3n) is 4.40. The smallest absolute Gasteiger partial charge is 0.251 e. The van der Waals surface area contributed by atoms with Crippen LogP contribution in [0.15, 0.2) is 41.1 Å². The molecule has 2 heterocycles. The molecule has 0 fully saturated rings. The second-order valence-electron chi connectivity index (χ2n) is 5.87. The molecule has 0 unspecified atom stereocenters. The Morgan fingerprint density at radius 3 is 2.46 bits per heavy atom. The van der Waals surface area contributed by atoms with Gasteiger partial charge >= 0.3 is 0 Å². The van der Waals surface area contributed by atoms with E-state index in [0.29, 0.717) is 5.56 Å². The zero-order chi connectivity index (χ0) is 17.3. The quantitative estimate of drug-likeness (QED) is 0.740. The Morgan fingerprint density at radius 2 is 1.88 bits per heavy atom. The minimum Gasteiger partial charge on any atom is -0.508 e. The normalized spacial score (nSPS) is 10.9. The van der Waals surface area contributed by atoms with Crippen LogP contribution in [-0.2, 0) is 13.0 Å². The van der Waals surface area contributed by atoms with Crippen molar-refractivity contribution in [3.8, 4) is 16.9 Å². The highest BCUT2D eigenvalue weighted by Gasteiger charge is 2.22. The van der Waals surface area contributed by atoms with Crippen molar-refractivity contribution in [1.29, 1.82) is 0 Å². The highest BCUT2D eigenvalue weighted by atomic mass is 32.1. The fourth-order valence-corrected chi connectivity index (χ4v) is 3.83. The van der Waals surface area contributed by atoms with Gasteiger partial charge in [0.2, 0.25) is 0 Å². The lowest BCUT2D eigenvalue weighted by Crippen LogP contribution is -2.13. The van der Waals surface area contributed by atoms with E-state index in [1.165, 1.54) is 0 Å². The number of primary amides is 1. The van der Waals surface area contributed by atoms with Gasteiger partial charge in [0, 0.05) is 23.5 Å². The third kappa shape index (κ3) is 2.95. The average molecular weight is 340 g/mol. The molecule has 0 saturated carbocycles. The van der Waals surface area contributed by atoms with Crippen LogP contribution in [0.4, 0.5) is 0 Å². The number of hydrogen-bond donors (Lipinski definition) is 2. The van der Waals surface area contributed by atoms with E-state index in [1.807, 2.05) is 42.8 Å². The van der Waals surface area contributed by atoms with Gasteiger partial charge in [0.05, 0.1) is 5.56 Å². The molecule has 0 aliphatic rings. The minimum absolute atomic E-state index is 0.267. The first-order chi connectivity index (χ1) is 11.5. The van der Waals surface area contributed by atoms with Gasteiger partial charge in [0.15, 0.2) is 0 Å². The number of aromatic hydroxyl groups is 1. The van der Waals surface area contributed by atoms with Crippen molar-refractivity contribution in [2.75, 3.05) is 0 Å². The second-order valence-corrected chi connectivity index (χ2v) is 6.65. The summed E-state index contributed by atoms with van der Waals surface area (Å²) >= 11 is 1.61. The summed E-state index contributed by atoms with van der Waals surface area (Å²) in [6, 6.07) is 9.23. The van der Waals surface area contributed by atoms with Gasteiger partial charge in [-0.15, -0.1) is 0 Å². The number of aryl methyl sites for hydroxylation is 1. The van der Waals surface area contributed by atoms with E-state index < -0.39 is 0 Å². The molecule has 0 bridgehead atoms. The summed E-state index contributed by atoms with van der Waals surface area (Å²) in [5.74, 6) is -0.122. The lowest BCUT2D eigenvalue weighted by molar-refractivity contribution is 0.1000. The van der Waals surface area contributed by atoms with Crippen molar-refractivity contribution in [2.24, 2.45) is 5.73 Å². The molecule has 0 atom stereocenters. The molecule has 0 aliphatic carbocycles. The number of nitrogens with two attached hydrogens (primary N) is 1. The third-order valence-corrected chi connectivity index (χ3v) is 5.08. The van der Waals surface area contributed by atoms with Crippen molar-refractivity contribution in [1.82, 2.24) is 4.57 Å². The van der Waals surface area contributed by atoms with Gasteiger partial charge in [-0.1, -0.05) is 12.1 Å². The molecule has 2 aromatic heterocycles. The zero-order valence-electron chi connectivity index (χ0n) is 13.7. The van der Waals surface area contributed by atoms with Gasteiger partial charge in [0.1, 0.15) is 5.75 Å². The summed E-state index contributed by atoms with van der Waals surface area (Å²) in [6.07, 6.45) is 0.817. The number of hydrogen-bond acceptors (Lipinski definition) is 3. The molecule has 3 rings (SSSR count). The number of phenols is 1. The summed E-state index contributed by atoms with van der Waals surface area (Å²) < 4.78 is 2.15. The topological polar surface area (TPSA) is 68.2 Å². The highest BCUT2D eigenvalue weighted by molar-refractivity contribution is 7.08. The predicted molar refractivity (Wildman–Crippen MR) is 97.5 cm³/mol. The number of nitrogens with zero attached hydrogens (tertiary/aromatic N) is 1. The SMILES string of the molecule is Cc1c(C(N)=O)c(-c2ccsc2)c(C)n1CCc1ccc(O)cc1. The molecule has 3 N–H and O–H groups in total. The molecule has 24 heavy (non-hydrogen) atoms. The average Bonchev–Trinajstić information content (AvgIpc) is 3.14. The van der Waals surface area contributed by atoms with Gasteiger partial charge in [0.25, 0.3) is 5.91 Å². The van der Waals surface area contributed by atoms with Gasteiger partial charge in [-0.3, -0.25) is 4.79 Å². The van der Waals surface area contributed by atoms with Crippen molar-refractivity contribution in [3.05, 3.63) is 63.6 Å². The molecule has 1 amide bonds. The first-order valence-electron chi connectivity index (χ1n) is 7.79. The summed E-state index contributed by atoms with van der Waals surface area (Å²) in [4.78, 5) is 12.0. The number of benzene rings is 1. The maximum atomic E-state index is 12.0. The van der Waals surface area contributed by atoms with Crippen LogP contribution in [0.3, 0.4) is 0 Å². The molecule has 5 heteroatoms. The standard InChI is InChI=1S/C19H20N2O2S/c1-12-17(15-8-10-24-11-15)18(19(20)23)13(2)21(12)9-7-14-3-5-16(22)6-4-14/h3-6,8,10-11,22H,7,9H2,1-2H3,(H2,20,23). The van der Waals surface area contributed by atoms with Crippen molar-refractivity contribution in [2.45, 2.75) is 26.8 Å². The van der Waals surface area contributed by atoms with E-state index in [9.17, 15) is 9.90 Å². The molecule has 0 radical (unpaired) electrons. The van der Waals surface area contributed by atoms with Crippen molar-refractivity contribution < 1.29 is 9.90 Å². The zero-order valence-corrected chi connectivity index (χ0v) is 14.6. The number of carbonyl (C=O) groups is 1. The van der Waals surface area contributed by atoms with Crippen LogP contribution >= 0.6 is 11.3 Å².